The summed E-state index contributed by atoms with van der Waals surface area (Å²) < 4.78 is 0. The van der Waals surface area contributed by atoms with Gasteiger partial charge in [0.25, 0.3) is 0 Å². The van der Waals surface area contributed by atoms with Gasteiger partial charge in [0, 0.05) is 0 Å². The van der Waals surface area contributed by atoms with Crippen molar-refractivity contribution in [3.8, 4) is 0 Å². The number of carbonyl (C=O) groups is 1. The van der Waals surface area contributed by atoms with Crippen LogP contribution in [0, 0.1) is 16.7 Å². The molecule has 2 saturated carbocycles. The molecule has 2 bridgehead atoms. The van der Waals surface area contributed by atoms with Crippen LogP contribution in [0.25, 0.3) is 0 Å². The topological polar surface area (TPSA) is 57.5 Å². The first-order valence-electron chi connectivity index (χ1n) is 5.71. The maximum absolute atomic E-state index is 9.81. The van der Waals surface area contributed by atoms with E-state index in [1.165, 1.54) is 12.8 Å². The summed E-state index contributed by atoms with van der Waals surface area (Å²) >= 11 is 2.71. The predicted molar refractivity (Wildman–Crippen MR) is 66.7 cm³/mol. The second-order valence-electron chi connectivity index (χ2n) is 5.65. The molecule has 2 aliphatic rings. The van der Waals surface area contributed by atoms with E-state index in [0.29, 0.717) is 5.41 Å². The van der Waals surface area contributed by atoms with E-state index in [4.69, 9.17) is 5.11 Å². The van der Waals surface area contributed by atoms with Crippen LogP contribution in [-0.4, -0.2) is 27.6 Å². The lowest BCUT2D eigenvalue weighted by molar-refractivity contribution is -0.133. The fourth-order valence-electron chi connectivity index (χ4n) is 3.16. The minimum absolute atomic E-state index is 0.0313. The summed E-state index contributed by atoms with van der Waals surface area (Å²) in [5.74, 6) is -0.0486. The number of carboxylic acids is 1. The van der Waals surface area contributed by atoms with Gasteiger partial charge >= 0.3 is 5.97 Å². The quantitative estimate of drug-likeness (QED) is 0.731. The minimum atomic E-state index is -0.829. The van der Waals surface area contributed by atoms with Gasteiger partial charge < -0.3 is 10.2 Å². The Morgan fingerprint density at radius 1 is 1.44 bits per heavy atom. The molecule has 3 unspecified atom stereocenters. The molecule has 2 rings (SSSR count). The van der Waals surface area contributed by atoms with E-state index >= 15 is 0 Å². The molecule has 2 fully saturated rings. The Morgan fingerprint density at radius 2 is 1.94 bits per heavy atom. The molecule has 0 heterocycles. The van der Waals surface area contributed by atoms with Gasteiger partial charge in [-0.2, -0.15) is 0 Å². The summed E-state index contributed by atoms with van der Waals surface area (Å²) in [5.41, 5.74) is 0.601. The molecule has 3 nitrogen and oxygen atoms in total. The largest absolute Gasteiger partial charge is 0.481 e. The van der Waals surface area contributed by atoms with E-state index in [1.807, 2.05) is 0 Å². The van der Waals surface area contributed by atoms with Gasteiger partial charge in [-0.3, -0.25) is 4.79 Å². The van der Waals surface area contributed by atoms with Crippen LogP contribution in [0.1, 0.15) is 40.0 Å². The van der Waals surface area contributed by atoms with Crippen LogP contribution in [0.15, 0.2) is 0 Å². The first-order valence-corrected chi connectivity index (χ1v) is 6.83. The molecule has 94 valence electrons. The lowest BCUT2D eigenvalue weighted by Gasteiger charge is -2.36. The molecular weight excluding hydrogens is 272 g/mol. The zero-order valence-corrected chi connectivity index (χ0v) is 11.7. The van der Waals surface area contributed by atoms with Crippen molar-refractivity contribution in [3.63, 3.8) is 0 Å². The molecule has 0 spiro atoms. The van der Waals surface area contributed by atoms with Gasteiger partial charge in [-0.05, 0) is 36.0 Å². The summed E-state index contributed by atoms with van der Waals surface area (Å²) in [5, 5.41) is 17.5. The van der Waals surface area contributed by atoms with E-state index in [9.17, 15) is 9.90 Å². The Morgan fingerprint density at radius 3 is 2.06 bits per heavy atom. The Hall–Kier alpha value is -0.0900. The molecule has 0 saturated heterocycles. The van der Waals surface area contributed by atoms with Crippen molar-refractivity contribution < 1.29 is 15.0 Å². The molecule has 2 aliphatic carbocycles. The molecule has 2 N–H and O–H groups in total. The SMILES string of the molecule is CC1(C)C2CCC1(C)C(O)C2.O=C(O)CBr. The highest BCUT2D eigenvalue weighted by molar-refractivity contribution is 9.09. The van der Waals surface area contributed by atoms with E-state index in [-0.39, 0.29) is 16.8 Å². The van der Waals surface area contributed by atoms with Crippen LogP contribution in [0.4, 0.5) is 0 Å². The summed E-state index contributed by atoms with van der Waals surface area (Å²) in [6.07, 6.45) is 3.58. The number of carboxylic acid groups (broad SMARTS) is 1. The van der Waals surface area contributed by atoms with Crippen molar-refractivity contribution in [2.75, 3.05) is 5.33 Å². The first-order chi connectivity index (χ1) is 7.25. The number of halogens is 1. The number of fused-ring (bicyclic) bond motifs is 2. The molecule has 16 heavy (non-hydrogen) atoms. The van der Waals surface area contributed by atoms with Gasteiger partial charge in [0.2, 0.25) is 0 Å². The second kappa shape index (κ2) is 4.65. The number of aliphatic hydroxyl groups excluding tert-OH is 1. The zero-order chi connectivity index (χ0) is 12.6. The smallest absolute Gasteiger partial charge is 0.314 e. The highest BCUT2D eigenvalue weighted by Gasteiger charge is 2.60. The molecule has 0 aliphatic heterocycles. The third-order valence-corrected chi connectivity index (χ3v) is 5.34. The van der Waals surface area contributed by atoms with Gasteiger partial charge in [0.1, 0.15) is 5.33 Å². The highest BCUT2D eigenvalue weighted by atomic mass is 79.9. The molecule has 0 aromatic rings. The van der Waals surface area contributed by atoms with Gasteiger partial charge in [0.15, 0.2) is 0 Å². The van der Waals surface area contributed by atoms with E-state index in [0.717, 1.165) is 12.3 Å². The van der Waals surface area contributed by atoms with Crippen LogP contribution in [-0.2, 0) is 4.79 Å². The van der Waals surface area contributed by atoms with E-state index in [2.05, 4.69) is 36.7 Å². The highest BCUT2D eigenvalue weighted by Crippen LogP contribution is 2.65. The molecule has 0 aromatic carbocycles. The van der Waals surface area contributed by atoms with Gasteiger partial charge in [-0.25, -0.2) is 0 Å². The Kier molecular flexibility index (Phi) is 4.06. The third-order valence-electron chi connectivity index (χ3n) is 4.86. The van der Waals surface area contributed by atoms with Gasteiger partial charge in [0.05, 0.1) is 6.10 Å². The minimum Gasteiger partial charge on any atom is -0.481 e. The maximum Gasteiger partial charge on any atom is 0.314 e. The summed E-state index contributed by atoms with van der Waals surface area (Å²) in [4.78, 5) is 9.32. The molecule has 0 radical (unpaired) electrons. The monoisotopic (exact) mass is 292 g/mol. The lowest BCUT2D eigenvalue weighted by atomic mass is 9.70. The van der Waals surface area contributed by atoms with Crippen molar-refractivity contribution in [3.05, 3.63) is 0 Å². The van der Waals surface area contributed by atoms with Crippen molar-refractivity contribution >= 4 is 21.9 Å². The summed E-state index contributed by atoms with van der Waals surface area (Å²) in [7, 11) is 0. The van der Waals surface area contributed by atoms with Crippen LogP contribution in [0.3, 0.4) is 0 Å². The molecule has 0 aromatic heterocycles. The number of hydrogen-bond donors (Lipinski definition) is 2. The average molecular weight is 293 g/mol. The molecule has 4 heteroatoms. The maximum atomic E-state index is 9.81. The van der Waals surface area contributed by atoms with Gasteiger partial charge in [-0.15, -0.1) is 0 Å². The fourth-order valence-corrected chi connectivity index (χ4v) is 3.16. The number of aliphatic carboxylic acids is 1. The average Bonchev–Trinajstić information content (AvgIpc) is 2.51. The lowest BCUT2D eigenvalue weighted by Crippen LogP contribution is -2.35. The second-order valence-corrected chi connectivity index (χ2v) is 6.21. The Bertz CT molecular complexity index is 277. The zero-order valence-electron chi connectivity index (χ0n) is 10.2. The standard InChI is InChI=1S/C10H18O.C2H3BrO2/c1-9(2)7-4-5-10(9,3)8(11)6-7;3-1-2(4)5/h7-8,11H,4-6H2,1-3H3;1H2,(H,4,5). The predicted octanol–water partition coefficient (Wildman–Crippen LogP) is 2.66. The molecule has 0 amide bonds. The van der Waals surface area contributed by atoms with Crippen LogP contribution >= 0.6 is 15.9 Å². The Labute approximate surface area is 105 Å². The number of rotatable bonds is 1. The summed E-state index contributed by atoms with van der Waals surface area (Å²) in [6.45, 7) is 6.90. The normalized spacial score (nSPS) is 39.1. The van der Waals surface area contributed by atoms with E-state index in [1.54, 1.807) is 0 Å². The van der Waals surface area contributed by atoms with Crippen molar-refractivity contribution in [2.24, 2.45) is 16.7 Å². The number of aliphatic hydroxyl groups is 1. The number of alkyl halides is 1. The van der Waals surface area contributed by atoms with Crippen molar-refractivity contribution in [1.29, 1.82) is 0 Å². The molecule has 3 atom stereocenters. The van der Waals surface area contributed by atoms with Crippen LogP contribution in [0.5, 0.6) is 0 Å². The fraction of sp³-hybridized carbons (Fsp3) is 0.917. The van der Waals surface area contributed by atoms with Crippen LogP contribution < -0.4 is 0 Å². The van der Waals surface area contributed by atoms with E-state index < -0.39 is 5.97 Å². The third kappa shape index (κ3) is 2.14. The van der Waals surface area contributed by atoms with Crippen molar-refractivity contribution in [1.82, 2.24) is 0 Å². The summed E-state index contributed by atoms with van der Waals surface area (Å²) in [6, 6.07) is 0. The van der Waals surface area contributed by atoms with Gasteiger partial charge in [-0.1, -0.05) is 36.7 Å². The molecular formula is C12H21BrO3. The number of hydrogen-bond acceptors (Lipinski definition) is 2. The first kappa shape index (κ1) is 14.0. The van der Waals surface area contributed by atoms with Crippen molar-refractivity contribution in [2.45, 2.75) is 46.1 Å². The van der Waals surface area contributed by atoms with Crippen LogP contribution in [0.2, 0.25) is 0 Å². The Balaban J connectivity index is 0.000000221.